The molecule has 0 aliphatic carbocycles. The van der Waals surface area contributed by atoms with E-state index in [1.54, 1.807) is 19.2 Å². The standard InChI is InChI=1S/C15H19N5O2/c1-11-9-13(19-22-11)14(21)17-10-12-5-6-16-15(18-12)20-7-3-2-4-8-20/h5-6,9H,2-4,7-8,10H2,1H3,(H,17,21). The third-order valence-electron chi connectivity index (χ3n) is 3.63. The van der Waals surface area contributed by atoms with Gasteiger partial charge in [0.25, 0.3) is 5.91 Å². The fraction of sp³-hybridized carbons (Fsp3) is 0.467. The van der Waals surface area contributed by atoms with Crippen LogP contribution in [0.15, 0.2) is 22.9 Å². The monoisotopic (exact) mass is 301 g/mol. The Labute approximate surface area is 128 Å². The molecule has 2 aromatic heterocycles. The van der Waals surface area contributed by atoms with Crippen molar-refractivity contribution in [3.63, 3.8) is 0 Å². The van der Waals surface area contributed by atoms with Crippen molar-refractivity contribution in [2.75, 3.05) is 18.0 Å². The maximum Gasteiger partial charge on any atom is 0.273 e. The van der Waals surface area contributed by atoms with Crippen LogP contribution in [0, 0.1) is 6.92 Å². The first-order valence-corrected chi connectivity index (χ1v) is 7.51. The number of hydrogen-bond acceptors (Lipinski definition) is 6. The van der Waals surface area contributed by atoms with Gasteiger partial charge < -0.3 is 14.7 Å². The normalized spacial score (nSPS) is 14.9. The minimum Gasteiger partial charge on any atom is -0.361 e. The zero-order valence-electron chi connectivity index (χ0n) is 12.6. The van der Waals surface area contributed by atoms with Gasteiger partial charge in [0, 0.05) is 25.4 Å². The molecule has 1 aliphatic heterocycles. The second-order valence-electron chi connectivity index (χ2n) is 5.40. The van der Waals surface area contributed by atoms with E-state index in [9.17, 15) is 4.79 Å². The number of hydrogen-bond donors (Lipinski definition) is 1. The highest BCUT2D eigenvalue weighted by molar-refractivity contribution is 5.92. The molecule has 1 fully saturated rings. The lowest BCUT2D eigenvalue weighted by molar-refractivity contribution is 0.0941. The van der Waals surface area contributed by atoms with Gasteiger partial charge in [-0.3, -0.25) is 4.79 Å². The van der Waals surface area contributed by atoms with Crippen LogP contribution < -0.4 is 10.2 Å². The number of nitrogens with one attached hydrogen (secondary N) is 1. The number of nitrogens with zero attached hydrogens (tertiary/aromatic N) is 4. The van der Waals surface area contributed by atoms with Gasteiger partial charge in [-0.25, -0.2) is 9.97 Å². The predicted molar refractivity (Wildman–Crippen MR) is 80.5 cm³/mol. The second-order valence-corrected chi connectivity index (χ2v) is 5.40. The second kappa shape index (κ2) is 6.55. The highest BCUT2D eigenvalue weighted by Gasteiger charge is 2.14. The lowest BCUT2D eigenvalue weighted by Crippen LogP contribution is -2.31. The molecule has 1 aliphatic rings. The number of piperidine rings is 1. The first kappa shape index (κ1) is 14.5. The average molecular weight is 301 g/mol. The van der Waals surface area contributed by atoms with E-state index in [-0.39, 0.29) is 11.6 Å². The highest BCUT2D eigenvalue weighted by Crippen LogP contribution is 2.15. The van der Waals surface area contributed by atoms with Crippen LogP contribution in [0.2, 0.25) is 0 Å². The molecule has 116 valence electrons. The van der Waals surface area contributed by atoms with Crippen LogP contribution in [0.5, 0.6) is 0 Å². The molecule has 0 spiro atoms. The molecule has 0 atom stereocenters. The molecule has 0 bridgehead atoms. The number of aryl methyl sites for hydroxylation is 1. The van der Waals surface area contributed by atoms with Gasteiger partial charge >= 0.3 is 0 Å². The van der Waals surface area contributed by atoms with Gasteiger partial charge in [-0.2, -0.15) is 0 Å². The molecular weight excluding hydrogens is 282 g/mol. The number of amides is 1. The Balaban J connectivity index is 1.61. The Kier molecular flexibility index (Phi) is 4.32. The molecule has 3 heterocycles. The minimum absolute atomic E-state index is 0.269. The number of anilines is 1. The van der Waals surface area contributed by atoms with Gasteiger partial charge in [0.2, 0.25) is 5.95 Å². The van der Waals surface area contributed by atoms with Crippen LogP contribution in [0.4, 0.5) is 5.95 Å². The molecular formula is C15H19N5O2. The van der Waals surface area contributed by atoms with Crippen LogP contribution in [-0.4, -0.2) is 34.1 Å². The van der Waals surface area contributed by atoms with Gasteiger partial charge in [-0.05, 0) is 32.3 Å². The molecule has 2 aromatic rings. The van der Waals surface area contributed by atoms with Crippen LogP contribution in [-0.2, 0) is 6.54 Å². The zero-order chi connectivity index (χ0) is 15.4. The predicted octanol–water partition coefficient (Wildman–Crippen LogP) is 1.69. The minimum atomic E-state index is -0.269. The first-order valence-electron chi connectivity index (χ1n) is 7.51. The number of carbonyl (C=O) groups is 1. The van der Waals surface area contributed by atoms with Crippen molar-refractivity contribution in [2.24, 2.45) is 0 Å². The fourth-order valence-corrected chi connectivity index (χ4v) is 2.46. The quantitative estimate of drug-likeness (QED) is 0.925. The van der Waals surface area contributed by atoms with E-state index < -0.39 is 0 Å². The van der Waals surface area contributed by atoms with Crippen molar-refractivity contribution in [3.05, 3.63) is 35.5 Å². The maximum absolute atomic E-state index is 11.9. The van der Waals surface area contributed by atoms with E-state index in [1.165, 1.54) is 19.3 Å². The summed E-state index contributed by atoms with van der Waals surface area (Å²) in [4.78, 5) is 23.0. The van der Waals surface area contributed by atoms with Gasteiger partial charge in [0.05, 0.1) is 12.2 Å². The van der Waals surface area contributed by atoms with Gasteiger partial charge in [0.1, 0.15) is 5.76 Å². The fourth-order valence-electron chi connectivity index (χ4n) is 2.46. The van der Waals surface area contributed by atoms with Crippen LogP contribution in [0.1, 0.15) is 41.2 Å². The third kappa shape index (κ3) is 3.41. The van der Waals surface area contributed by atoms with E-state index in [1.807, 2.05) is 6.07 Å². The summed E-state index contributed by atoms with van der Waals surface area (Å²) in [5.41, 5.74) is 1.06. The maximum atomic E-state index is 11.9. The molecule has 1 saturated heterocycles. The topological polar surface area (TPSA) is 84.2 Å². The third-order valence-corrected chi connectivity index (χ3v) is 3.63. The largest absolute Gasteiger partial charge is 0.361 e. The van der Waals surface area contributed by atoms with Gasteiger partial charge in [0.15, 0.2) is 5.69 Å². The summed E-state index contributed by atoms with van der Waals surface area (Å²) in [7, 11) is 0. The summed E-state index contributed by atoms with van der Waals surface area (Å²) in [6.07, 6.45) is 5.35. The first-order chi connectivity index (χ1) is 10.7. The summed E-state index contributed by atoms with van der Waals surface area (Å²) in [6.45, 7) is 4.08. The molecule has 0 saturated carbocycles. The molecule has 7 heteroatoms. The van der Waals surface area contributed by atoms with Crippen molar-refractivity contribution in [2.45, 2.75) is 32.7 Å². The molecule has 0 radical (unpaired) electrons. The van der Waals surface area contributed by atoms with E-state index >= 15 is 0 Å². The van der Waals surface area contributed by atoms with Gasteiger partial charge in [-0.1, -0.05) is 5.16 Å². The van der Waals surface area contributed by atoms with Crippen molar-refractivity contribution < 1.29 is 9.32 Å². The van der Waals surface area contributed by atoms with E-state index in [0.29, 0.717) is 12.3 Å². The van der Waals surface area contributed by atoms with E-state index in [0.717, 1.165) is 24.7 Å². The molecule has 0 unspecified atom stereocenters. The van der Waals surface area contributed by atoms with Crippen molar-refractivity contribution in [1.29, 1.82) is 0 Å². The summed E-state index contributed by atoms with van der Waals surface area (Å²) in [6, 6.07) is 3.41. The van der Waals surface area contributed by atoms with E-state index in [2.05, 4.69) is 25.3 Å². The molecule has 7 nitrogen and oxygen atoms in total. The zero-order valence-corrected chi connectivity index (χ0v) is 12.6. The summed E-state index contributed by atoms with van der Waals surface area (Å²) >= 11 is 0. The SMILES string of the molecule is Cc1cc(C(=O)NCc2ccnc(N3CCCCC3)n2)no1. The lowest BCUT2D eigenvalue weighted by Gasteiger charge is -2.26. The summed E-state index contributed by atoms with van der Waals surface area (Å²) in [5.74, 6) is 1.08. The molecule has 1 N–H and O–H groups in total. The molecule has 0 aromatic carbocycles. The molecule has 22 heavy (non-hydrogen) atoms. The van der Waals surface area contributed by atoms with Crippen molar-refractivity contribution >= 4 is 11.9 Å². The van der Waals surface area contributed by atoms with Crippen LogP contribution >= 0.6 is 0 Å². The van der Waals surface area contributed by atoms with E-state index in [4.69, 9.17) is 4.52 Å². The van der Waals surface area contributed by atoms with Crippen LogP contribution in [0.25, 0.3) is 0 Å². The van der Waals surface area contributed by atoms with Gasteiger partial charge in [-0.15, -0.1) is 0 Å². The Morgan fingerprint density at radius 1 is 1.36 bits per heavy atom. The number of rotatable bonds is 4. The summed E-state index contributed by atoms with van der Waals surface area (Å²) in [5, 5.41) is 6.48. The number of carbonyl (C=O) groups excluding carboxylic acids is 1. The lowest BCUT2D eigenvalue weighted by atomic mass is 10.1. The Morgan fingerprint density at radius 2 is 2.18 bits per heavy atom. The van der Waals surface area contributed by atoms with Crippen molar-refractivity contribution in [1.82, 2.24) is 20.4 Å². The van der Waals surface area contributed by atoms with Crippen LogP contribution in [0.3, 0.4) is 0 Å². The smallest absolute Gasteiger partial charge is 0.273 e. The number of aromatic nitrogens is 3. The average Bonchev–Trinajstić information content (AvgIpc) is 3.00. The molecule has 3 rings (SSSR count). The Bertz CT molecular complexity index is 649. The van der Waals surface area contributed by atoms with Crippen molar-refractivity contribution in [3.8, 4) is 0 Å². The highest BCUT2D eigenvalue weighted by atomic mass is 16.5. The Morgan fingerprint density at radius 3 is 2.91 bits per heavy atom. The molecule has 1 amide bonds. The Hall–Kier alpha value is -2.44. The summed E-state index contributed by atoms with van der Waals surface area (Å²) < 4.78 is 4.89.